The van der Waals surface area contributed by atoms with Crippen LogP contribution in [0.4, 0.5) is 5.69 Å². The highest BCUT2D eigenvalue weighted by molar-refractivity contribution is 5.95. The molecule has 3 aromatic rings. The van der Waals surface area contributed by atoms with Crippen LogP contribution in [-0.4, -0.2) is 34.6 Å². The van der Waals surface area contributed by atoms with E-state index in [1.54, 1.807) is 29.1 Å². The van der Waals surface area contributed by atoms with Gasteiger partial charge in [-0.05, 0) is 43.2 Å². The maximum Gasteiger partial charge on any atom is 0.306 e. The highest BCUT2D eigenvalue weighted by atomic mass is 16.7. The molecule has 1 atom stereocenters. The third-order valence-electron chi connectivity index (χ3n) is 4.59. The van der Waals surface area contributed by atoms with Crippen LogP contribution in [0.5, 0.6) is 11.5 Å². The summed E-state index contributed by atoms with van der Waals surface area (Å²) >= 11 is 0. The third kappa shape index (κ3) is 4.60. The SMILES string of the molecule is CC(OC(=O)CCc1cnn(-c2ccccc2)c1)C(=O)Nc1ccc2c(c1)OCO2. The van der Waals surface area contributed by atoms with Crippen molar-refractivity contribution in [3.05, 3.63) is 66.5 Å². The van der Waals surface area contributed by atoms with E-state index in [2.05, 4.69) is 10.4 Å². The van der Waals surface area contributed by atoms with Crippen LogP contribution < -0.4 is 14.8 Å². The van der Waals surface area contributed by atoms with Gasteiger partial charge in [0.05, 0.1) is 11.9 Å². The summed E-state index contributed by atoms with van der Waals surface area (Å²) < 4.78 is 17.5. The molecule has 4 rings (SSSR count). The number of hydrogen-bond donors (Lipinski definition) is 1. The first-order valence-corrected chi connectivity index (χ1v) is 9.57. The molecule has 154 valence electrons. The molecular formula is C22H21N3O5. The van der Waals surface area contributed by atoms with Crippen molar-refractivity contribution in [1.29, 1.82) is 0 Å². The van der Waals surface area contributed by atoms with Gasteiger partial charge < -0.3 is 19.5 Å². The van der Waals surface area contributed by atoms with E-state index in [1.807, 2.05) is 36.5 Å². The first kappa shape index (κ1) is 19.5. The number of nitrogens with zero attached hydrogens (tertiary/aromatic N) is 2. The number of carbonyl (C=O) groups is 2. The molecule has 0 saturated carbocycles. The smallest absolute Gasteiger partial charge is 0.306 e. The lowest BCUT2D eigenvalue weighted by atomic mass is 10.2. The van der Waals surface area contributed by atoms with Crippen LogP contribution in [0.2, 0.25) is 0 Å². The average molecular weight is 407 g/mol. The van der Waals surface area contributed by atoms with E-state index in [9.17, 15) is 9.59 Å². The van der Waals surface area contributed by atoms with Crippen molar-refractivity contribution >= 4 is 17.6 Å². The maximum absolute atomic E-state index is 12.3. The fourth-order valence-electron chi connectivity index (χ4n) is 2.99. The van der Waals surface area contributed by atoms with E-state index in [-0.39, 0.29) is 13.2 Å². The van der Waals surface area contributed by atoms with Gasteiger partial charge in [0.2, 0.25) is 6.79 Å². The van der Waals surface area contributed by atoms with E-state index in [0.717, 1.165) is 11.3 Å². The molecule has 1 aliphatic heterocycles. The molecule has 0 aliphatic carbocycles. The predicted molar refractivity (Wildman–Crippen MR) is 109 cm³/mol. The second-order valence-electron chi connectivity index (χ2n) is 6.82. The number of para-hydroxylation sites is 1. The number of amides is 1. The zero-order valence-corrected chi connectivity index (χ0v) is 16.4. The Morgan fingerprint density at radius 1 is 1.17 bits per heavy atom. The lowest BCUT2D eigenvalue weighted by Crippen LogP contribution is -2.30. The molecule has 1 aliphatic rings. The summed E-state index contributed by atoms with van der Waals surface area (Å²) in [6.45, 7) is 1.69. The number of esters is 1. The van der Waals surface area contributed by atoms with E-state index in [1.165, 1.54) is 6.92 Å². The summed E-state index contributed by atoms with van der Waals surface area (Å²) in [6.07, 6.45) is 3.30. The number of hydrogen-bond acceptors (Lipinski definition) is 6. The summed E-state index contributed by atoms with van der Waals surface area (Å²) in [7, 11) is 0. The van der Waals surface area contributed by atoms with Gasteiger partial charge in [-0.15, -0.1) is 0 Å². The number of nitrogens with one attached hydrogen (secondary N) is 1. The first-order valence-electron chi connectivity index (χ1n) is 9.57. The van der Waals surface area contributed by atoms with Crippen LogP contribution in [0.15, 0.2) is 60.9 Å². The average Bonchev–Trinajstić information content (AvgIpc) is 3.42. The molecule has 1 unspecified atom stereocenters. The Morgan fingerprint density at radius 2 is 1.97 bits per heavy atom. The van der Waals surface area contributed by atoms with Crippen molar-refractivity contribution < 1.29 is 23.8 Å². The normalized spacial score (nSPS) is 13.0. The van der Waals surface area contributed by atoms with E-state index in [0.29, 0.717) is 23.6 Å². The molecule has 0 spiro atoms. The monoisotopic (exact) mass is 407 g/mol. The Balaban J connectivity index is 1.25. The van der Waals surface area contributed by atoms with Gasteiger partial charge in [0.15, 0.2) is 17.6 Å². The molecule has 0 bridgehead atoms. The molecular weight excluding hydrogens is 386 g/mol. The number of rotatable bonds is 7. The minimum absolute atomic E-state index is 0.155. The van der Waals surface area contributed by atoms with E-state index >= 15 is 0 Å². The number of anilines is 1. The molecule has 0 fully saturated rings. The van der Waals surface area contributed by atoms with Crippen LogP contribution >= 0.6 is 0 Å². The molecule has 0 radical (unpaired) electrons. The predicted octanol–water partition coefficient (Wildman–Crippen LogP) is 3.10. The largest absolute Gasteiger partial charge is 0.454 e. The molecule has 2 heterocycles. The quantitative estimate of drug-likeness (QED) is 0.605. The Bertz CT molecular complexity index is 1050. The second-order valence-corrected chi connectivity index (χ2v) is 6.82. The lowest BCUT2D eigenvalue weighted by molar-refractivity contribution is -0.153. The summed E-state index contributed by atoms with van der Waals surface area (Å²) in [4.78, 5) is 24.5. The first-order chi connectivity index (χ1) is 14.6. The Kier molecular flexibility index (Phi) is 5.65. The summed E-state index contributed by atoms with van der Waals surface area (Å²) in [5.74, 6) is 0.325. The molecule has 8 nitrogen and oxygen atoms in total. The van der Waals surface area contributed by atoms with Gasteiger partial charge in [-0.3, -0.25) is 9.59 Å². The van der Waals surface area contributed by atoms with Crippen molar-refractivity contribution in [1.82, 2.24) is 9.78 Å². The van der Waals surface area contributed by atoms with Crippen LogP contribution in [0.1, 0.15) is 18.9 Å². The van der Waals surface area contributed by atoms with Crippen molar-refractivity contribution in [3.8, 4) is 17.2 Å². The van der Waals surface area contributed by atoms with E-state index in [4.69, 9.17) is 14.2 Å². The van der Waals surface area contributed by atoms with Gasteiger partial charge in [0.25, 0.3) is 5.91 Å². The highest BCUT2D eigenvalue weighted by Crippen LogP contribution is 2.34. The number of ether oxygens (including phenoxy) is 3. The van der Waals surface area contributed by atoms with Gasteiger partial charge in [-0.1, -0.05) is 18.2 Å². The molecule has 1 aromatic heterocycles. The van der Waals surface area contributed by atoms with Crippen molar-refractivity contribution in [2.45, 2.75) is 25.9 Å². The Hall–Kier alpha value is -3.81. The van der Waals surface area contributed by atoms with Crippen molar-refractivity contribution in [3.63, 3.8) is 0 Å². The summed E-state index contributed by atoms with van der Waals surface area (Å²) in [6, 6.07) is 14.8. The summed E-state index contributed by atoms with van der Waals surface area (Å²) in [5.41, 5.74) is 2.40. The minimum atomic E-state index is -0.921. The van der Waals surface area contributed by atoms with Crippen LogP contribution in [-0.2, 0) is 20.7 Å². The molecule has 2 aromatic carbocycles. The van der Waals surface area contributed by atoms with Crippen LogP contribution in [0.25, 0.3) is 5.69 Å². The number of benzene rings is 2. The molecule has 1 N–H and O–H groups in total. The van der Waals surface area contributed by atoms with Gasteiger partial charge in [0, 0.05) is 24.4 Å². The third-order valence-corrected chi connectivity index (χ3v) is 4.59. The highest BCUT2D eigenvalue weighted by Gasteiger charge is 2.20. The summed E-state index contributed by atoms with van der Waals surface area (Å²) in [5, 5.41) is 7.01. The van der Waals surface area contributed by atoms with Crippen LogP contribution in [0.3, 0.4) is 0 Å². The standard InChI is InChI=1S/C22H21N3O5/c1-15(22(27)24-17-8-9-19-20(11-17)29-14-28-19)30-21(26)10-7-16-12-23-25(13-16)18-5-3-2-4-6-18/h2-6,8-9,11-13,15H,7,10,14H2,1H3,(H,24,27). The minimum Gasteiger partial charge on any atom is -0.454 e. The van der Waals surface area contributed by atoms with Gasteiger partial charge in [-0.2, -0.15) is 5.10 Å². The molecule has 8 heteroatoms. The maximum atomic E-state index is 12.3. The van der Waals surface area contributed by atoms with Crippen LogP contribution in [0, 0.1) is 0 Å². The zero-order chi connectivity index (χ0) is 20.9. The molecule has 30 heavy (non-hydrogen) atoms. The fourth-order valence-corrected chi connectivity index (χ4v) is 2.99. The zero-order valence-electron chi connectivity index (χ0n) is 16.4. The lowest BCUT2D eigenvalue weighted by Gasteiger charge is -2.13. The topological polar surface area (TPSA) is 91.7 Å². The number of carbonyl (C=O) groups excluding carboxylic acids is 2. The van der Waals surface area contributed by atoms with Gasteiger partial charge in [0.1, 0.15) is 0 Å². The number of aryl methyl sites for hydroxylation is 1. The fraction of sp³-hybridized carbons (Fsp3) is 0.227. The Labute approximate surface area is 173 Å². The molecule has 1 amide bonds. The number of aromatic nitrogens is 2. The van der Waals surface area contributed by atoms with Gasteiger partial charge >= 0.3 is 5.97 Å². The molecule has 0 saturated heterocycles. The van der Waals surface area contributed by atoms with E-state index < -0.39 is 18.0 Å². The Morgan fingerprint density at radius 3 is 2.80 bits per heavy atom. The van der Waals surface area contributed by atoms with Crippen molar-refractivity contribution in [2.24, 2.45) is 0 Å². The number of fused-ring (bicyclic) bond motifs is 1. The second kappa shape index (κ2) is 8.69. The van der Waals surface area contributed by atoms with Gasteiger partial charge in [-0.25, -0.2) is 4.68 Å². The van der Waals surface area contributed by atoms with Crippen molar-refractivity contribution in [2.75, 3.05) is 12.1 Å².